The smallest absolute Gasteiger partial charge is 0.338 e. The number of hydrogen-bond acceptors (Lipinski definition) is 5. The number of carbonyl (C=O) groups is 1. The predicted molar refractivity (Wildman–Crippen MR) is 132 cm³/mol. The van der Waals surface area contributed by atoms with E-state index in [-0.39, 0.29) is 6.61 Å². The predicted octanol–water partition coefficient (Wildman–Crippen LogP) is 5.80. The fraction of sp³-hybridized carbons (Fsp3) is 0.259. The number of nitrogens with two attached hydrogens (primary N) is 1. The van der Waals surface area contributed by atoms with E-state index in [0.717, 1.165) is 58.1 Å². The molecule has 5 nitrogen and oxygen atoms in total. The maximum absolute atomic E-state index is 13.5. The van der Waals surface area contributed by atoms with Crippen LogP contribution in [0.4, 0.5) is 5.69 Å². The molecule has 0 radical (unpaired) electrons. The number of fused-ring (bicyclic) bond motifs is 2. The quantitative estimate of drug-likeness (QED) is 0.454. The van der Waals surface area contributed by atoms with E-state index in [2.05, 4.69) is 15.9 Å². The van der Waals surface area contributed by atoms with E-state index >= 15 is 0 Å². The van der Waals surface area contributed by atoms with Crippen molar-refractivity contribution < 1.29 is 14.3 Å². The lowest BCUT2D eigenvalue weighted by atomic mass is 9.79. The van der Waals surface area contributed by atoms with Crippen molar-refractivity contribution in [3.05, 3.63) is 92.6 Å². The van der Waals surface area contributed by atoms with Gasteiger partial charge in [-0.2, -0.15) is 0 Å². The molecule has 0 spiro atoms. The van der Waals surface area contributed by atoms with Crippen LogP contribution in [-0.4, -0.2) is 17.6 Å². The Morgan fingerprint density at radius 3 is 2.61 bits per heavy atom. The Balaban J connectivity index is 1.84. The Hall–Kier alpha value is -3.12. The molecule has 2 aromatic carbocycles. The second kappa shape index (κ2) is 9.02. The molecule has 1 aliphatic carbocycles. The number of ether oxygens (including phenoxy) is 2. The third-order valence-corrected chi connectivity index (χ3v) is 7.01. The molecule has 0 bridgehead atoms. The molecular weight excluding hydrogens is 480 g/mol. The van der Waals surface area contributed by atoms with Gasteiger partial charge in [-0.05, 0) is 49.8 Å². The second-order valence-electron chi connectivity index (χ2n) is 8.26. The summed E-state index contributed by atoms with van der Waals surface area (Å²) in [6.45, 7) is 2.07. The van der Waals surface area contributed by atoms with Gasteiger partial charge in [0.05, 0.1) is 23.7 Å². The van der Waals surface area contributed by atoms with E-state index in [1.165, 1.54) is 0 Å². The van der Waals surface area contributed by atoms with E-state index in [9.17, 15) is 4.79 Å². The van der Waals surface area contributed by atoms with Crippen LogP contribution in [-0.2, 0) is 22.4 Å². The van der Waals surface area contributed by atoms with Gasteiger partial charge in [0.1, 0.15) is 5.76 Å². The van der Waals surface area contributed by atoms with Crippen molar-refractivity contribution in [3.63, 3.8) is 0 Å². The third kappa shape index (κ3) is 3.82. The number of carbonyl (C=O) groups excluding carboxylic acids is 1. The van der Waals surface area contributed by atoms with Crippen LogP contribution >= 0.6 is 15.9 Å². The molecule has 0 saturated carbocycles. The first-order valence-electron chi connectivity index (χ1n) is 11.3. The lowest BCUT2D eigenvalue weighted by molar-refractivity contribution is -0.138. The molecule has 2 aliphatic rings. The van der Waals surface area contributed by atoms with Crippen molar-refractivity contribution in [1.29, 1.82) is 0 Å². The Bertz CT molecular complexity index is 1250. The van der Waals surface area contributed by atoms with Gasteiger partial charge in [0.25, 0.3) is 0 Å². The standard InChI is InChI=1S/C27H25BrN2O3/c1-2-32-27(31)23-21(17-12-6-8-14-19(17)28)22-24(29)18-13-7-9-15-20(18)30-26(22)33-25(23)16-10-4-3-5-11-16/h3-6,8,10-12,14,21H,2,7,9,13,15H2,1H3,(H2,29,30). The molecule has 5 rings (SSSR count). The van der Waals surface area contributed by atoms with Crippen LogP contribution in [0.3, 0.4) is 0 Å². The number of rotatable bonds is 4. The number of aryl methyl sites for hydroxylation is 1. The van der Waals surface area contributed by atoms with Crippen LogP contribution in [0.15, 0.2) is 64.6 Å². The second-order valence-corrected chi connectivity index (χ2v) is 9.12. The summed E-state index contributed by atoms with van der Waals surface area (Å²) in [7, 11) is 0. The lowest BCUT2D eigenvalue weighted by Crippen LogP contribution is -2.26. The van der Waals surface area contributed by atoms with Crippen molar-refractivity contribution in [1.82, 2.24) is 4.98 Å². The van der Waals surface area contributed by atoms with Gasteiger partial charge in [-0.1, -0.05) is 64.5 Å². The zero-order valence-corrected chi connectivity index (χ0v) is 20.0. The Morgan fingerprint density at radius 1 is 1.12 bits per heavy atom. The lowest BCUT2D eigenvalue weighted by Gasteiger charge is -2.33. The third-order valence-electron chi connectivity index (χ3n) is 6.29. The number of nitrogen functional groups attached to an aromatic ring is 1. The summed E-state index contributed by atoms with van der Waals surface area (Å²) in [5.74, 6) is 0.0453. The molecule has 0 saturated heterocycles. The summed E-state index contributed by atoms with van der Waals surface area (Å²) in [6.07, 6.45) is 3.93. The Morgan fingerprint density at radius 2 is 1.85 bits per heavy atom. The summed E-state index contributed by atoms with van der Waals surface area (Å²) in [4.78, 5) is 18.4. The molecule has 1 aromatic heterocycles. The van der Waals surface area contributed by atoms with Crippen molar-refractivity contribution in [2.75, 3.05) is 12.3 Å². The SMILES string of the molecule is CCOC(=O)C1=C(c2ccccc2)Oc2nc3c(c(N)c2C1c1ccccc1Br)CCCC3. The average Bonchev–Trinajstić information content (AvgIpc) is 2.84. The van der Waals surface area contributed by atoms with Crippen LogP contribution in [0.2, 0.25) is 0 Å². The fourth-order valence-electron chi connectivity index (χ4n) is 4.79. The van der Waals surface area contributed by atoms with E-state index in [1.807, 2.05) is 54.6 Å². The van der Waals surface area contributed by atoms with Crippen LogP contribution < -0.4 is 10.5 Å². The highest BCUT2D eigenvalue weighted by atomic mass is 79.9. The zero-order valence-electron chi connectivity index (χ0n) is 18.4. The van der Waals surface area contributed by atoms with Crippen LogP contribution in [0.1, 0.15) is 53.6 Å². The fourth-order valence-corrected chi connectivity index (χ4v) is 5.30. The normalized spacial score (nSPS) is 17.1. The number of anilines is 1. The molecule has 33 heavy (non-hydrogen) atoms. The van der Waals surface area contributed by atoms with Crippen molar-refractivity contribution in [2.45, 2.75) is 38.5 Å². The minimum absolute atomic E-state index is 0.262. The largest absolute Gasteiger partial charge is 0.463 e. The van der Waals surface area contributed by atoms with E-state index in [1.54, 1.807) is 6.92 Å². The first-order chi connectivity index (χ1) is 16.1. The van der Waals surface area contributed by atoms with Gasteiger partial charge >= 0.3 is 5.97 Å². The minimum atomic E-state index is -0.474. The minimum Gasteiger partial charge on any atom is -0.463 e. The molecule has 1 aliphatic heterocycles. The maximum atomic E-state index is 13.5. The Kier molecular flexibility index (Phi) is 5.94. The molecule has 0 amide bonds. The zero-order chi connectivity index (χ0) is 22.9. The Labute approximate surface area is 201 Å². The van der Waals surface area contributed by atoms with Crippen LogP contribution in [0.25, 0.3) is 5.76 Å². The van der Waals surface area contributed by atoms with Gasteiger partial charge in [-0.25, -0.2) is 9.78 Å². The van der Waals surface area contributed by atoms with Crippen LogP contribution in [0, 0.1) is 0 Å². The molecule has 1 unspecified atom stereocenters. The van der Waals surface area contributed by atoms with E-state index < -0.39 is 11.9 Å². The summed E-state index contributed by atoms with van der Waals surface area (Å²) in [5, 5.41) is 0. The summed E-state index contributed by atoms with van der Waals surface area (Å²) >= 11 is 3.70. The molecule has 6 heteroatoms. The topological polar surface area (TPSA) is 74.4 Å². The summed E-state index contributed by atoms with van der Waals surface area (Å²) < 4.78 is 12.8. The number of benzene rings is 2. The van der Waals surface area contributed by atoms with Gasteiger partial charge in [0.15, 0.2) is 0 Å². The van der Waals surface area contributed by atoms with Crippen molar-refractivity contribution >= 4 is 33.3 Å². The van der Waals surface area contributed by atoms with Gasteiger partial charge < -0.3 is 15.2 Å². The summed E-state index contributed by atoms with van der Waals surface area (Å²) in [5.41, 5.74) is 12.4. The first kappa shape index (κ1) is 21.7. The first-order valence-corrected chi connectivity index (χ1v) is 12.1. The molecule has 168 valence electrons. The van der Waals surface area contributed by atoms with Crippen molar-refractivity contribution in [2.24, 2.45) is 0 Å². The molecule has 0 fully saturated rings. The van der Waals surface area contributed by atoms with Crippen LogP contribution in [0.5, 0.6) is 5.88 Å². The highest BCUT2D eigenvalue weighted by Crippen LogP contribution is 2.50. The molecular formula is C27H25BrN2O3. The summed E-state index contributed by atoms with van der Waals surface area (Å²) in [6, 6.07) is 17.5. The van der Waals surface area contributed by atoms with Crippen molar-refractivity contribution in [3.8, 4) is 5.88 Å². The number of hydrogen-bond donors (Lipinski definition) is 1. The highest BCUT2D eigenvalue weighted by Gasteiger charge is 2.40. The number of nitrogens with zero attached hydrogens (tertiary/aromatic N) is 1. The molecule has 2 heterocycles. The number of esters is 1. The highest BCUT2D eigenvalue weighted by molar-refractivity contribution is 9.10. The van der Waals surface area contributed by atoms with E-state index in [0.29, 0.717) is 22.9 Å². The van der Waals surface area contributed by atoms with Gasteiger partial charge in [0.2, 0.25) is 5.88 Å². The number of aromatic nitrogens is 1. The monoisotopic (exact) mass is 504 g/mol. The molecule has 1 atom stereocenters. The van der Waals surface area contributed by atoms with Gasteiger partial charge in [-0.3, -0.25) is 0 Å². The maximum Gasteiger partial charge on any atom is 0.338 e. The van der Waals surface area contributed by atoms with Gasteiger partial charge in [0, 0.05) is 21.4 Å². The van der Waals surface area contributed by atoms with Gasteiger partial charge in [-0.15, -0.1) is 0 Å². The molecule has 2 N–H and O–H groups in total. The number of pyridine rings is 1. The average molecular weight is 505 g/mol. The number of halogens is 1. The molecule has 3 aromatic rings. The van der Waals surface area contributed by atoms with E-state index in [4.69, 9.17) is 20.2 Å².